The fourth-order valence-corrected chi connectivity index (χ4v) is 5.02. The number of carbonyl (C=O) groups is 1. The van der Waals surface area contributed by atoms with Crippen molar-refractivity contribution in [2.45, 2.75) is 38.8 Å². The standard InChI is InChI=1S/C18H24N4OS/c1-3-21-10-11-22-14(2)13-19-17(22)18(21)6-8-20(9-7-18)16(23)15-5-4-12-24-15/h4-5,12-13H,3,6-11H2,1-2H3. The average molecular weight is 344 g/mol. The van der Waals surface area contributed by atoms with Crippen LogP contribution in [0.5, 0.6) is 0 Å². The van der Waals surface area contributed by atoms with Crippen LogP contribution < -0.4 is 0 Å². The van der Waals surface area contributed by atoms with Gasteiger partial charge in [0.1, 0.15) is 5.82 Å². The van der Waals surface area contributed by atoms with E-state index in [1.165, 1.54) is 22.9 Å². The number of fused-ring (bicyclic) bond motifs is 2. The minimum Gasteiger partial charge on any atom is -0.338 e. The minimum absolute atomic E-state index is 0.00646. The van der Waals surface area contributed by atoms with Crippen LogP contribution in [0.2, 0.25) is 0 Å². The van der Waals surface area contributed by atoms with Gasteiger partial charge in [-0.3, -0.25) is 9.69 Å². The summed E-state index contributed by atoms with van der Waals surface area (Å²) in [7, 11) is 0. The van der Waals surface area contributed by atoms with Crippen molar-refractivity contribution in [3.8, 4) is 0 Å². The molecule has 1 fully saturated rings. The molecule has 0 radical (unpaired) electrons. The van der Waals surface area contributed by atoms with Gasteiger partial charge in [0.15, 0.2) is 0 Å². The third-order valence-corrected chi connectivity index (χ3v) is 6.52. The van der Waals surface area contributed by atoms with Crippen LogP contribution >= 0.6 is 11.3 Å². The lowest BCUT2D eigenvalue weighted by atomic mass is 9.83. The summed E-state index contributed by atoms with van der Waals surface area (Å²) in [5.41, 5.74) is 1.24. The van der Waals surface area contributed by atoms with Crippen LogP contribution in [0.25, 0.3) is 0 Å². The van der Waals surface area contributed by atoms with Gasteiger partial charge in [-0.1, -0.05) is 13.0 Å². The van der Waals surface area contributed by atoms with Crippen LogP contribution in [-0.4, -0.2) is 51.4 Å². The van der Waals surface area contributed by atoms with E-state index in [4.69, 9.17) is 4.98 Å². The van der Waals surface area contributed by atoms with Gasteiger partial charge in [-0.05, 0) is 37.8 Å². The first kappa shape index (κ1) is 15.8. The Kier molecular flexibility index (Phi) is 3.96. The number of likely N-dealkylation sites (N-methyl/N-ethyl adjacent to an activating group) is 1. The van der Waals surface area contributed by atoms with Gasteiger partial charge in [-0.2, -0.15) is 0 Å². The molecule has 0 bridgehead atoms. The summed E-state index contributed by atoms with van der Waals surface area (Å²) in [6, 6.07) is 3.87. The number of carbonyl (C=O) groups excluding carboxylic acids is 1. The smallest absolute Gasteiger partial charge is 0.263 e. The summed E-state index contributed by atoms with van der Waals surface area (Å²) in [6.07, 6.45) is 3.93. The molecule has 4 rings (SSSR count). The Morgan fingerprint density at radius 3 is 2.75 bits per heavy atom. The highest BCUT2D eigenvalue weighted by Gasteiger charge is 2.46. The quantitative estimate of drug-likeness (QED) is 0.841. The number of thiophene rings is 1. The summed E-state index contributed by atoms with van der Waals surface area (Å²) < 4.78 is 2.38. The summed E-state index contributed by atoms with van der Waals surface area (Å²) >= 11 is 1.53. The molecule has 24 heavy (non-hydrogen) atoms. The zero-order valence-electron chi connectivity index (χ0n) is 14.4. The summed E-state index contributed by atoms with van der Waals surface area (Å²) in [6.45, 7) is 9.11. The molecule has 0 atom stereocenters. The van der Waals surface area contributed by atoms with Gasteiger partial charge >= 0.3 is 0 Å². The molecule has 0 unspecified atom stereocenters. The molecule has 0 aromatic carbocycles. The molecule has 0 saturated carbocycles. The first-order valence-electron chi connectivity index (χ1n) is 8.76. The fraction of sp³-hybridized carbons (Fsp3) is 0.556. The fourth-order valence-electron chi connectivity index (χ4n) is 4.33. The number of amides is 1. The van der Waals surface area contributed by atoms with Crippen molar-refractivity contribution < 1.29 is 4.79 Å². The van der Waals surface area contributed by atoms with Gasteiger partial charge in [-0.15, -0.1) is 11.3 Å². The maximum absolute atomic E-state index is 12.6. The highest BCUT2D eigenvalue weighted by atomic mass is 32.1. The highest BCUT2D eigenvalue weighted by molar-refractivity contribution is 7.12. The predicted octanol–water partition coefficient (Wildman–Crippen LogP) is 2.72. The van der Waals surface area contributed by atoms with E-state index in [2.05, 4.69) is 23.3 Å². The third-order valence-electron chi connectivity index (χ3n) is 5.66. The Hall–Kier alpha value is -1.66. The van der Waals surface area contributed by atoms with Crippen LogP contribution in [0.15, 0.2) is 23.7 Å². The molecule has 2 aliphatic heterocycles. The molecule has 0 aliphatic carbocycles. The normalized spacial score (nSPS) is 20.3. The number of nitrogens with zero attached hydrogens (tertiary/aromatic N) is 4. The van der Waals surface area contributed by atoms with E-state index >= 15 is 0 Å². The Balaban J connectivity index is 1.59. The first-order chi connectivity index (χ1) is 11.7. The number of hydrogen-bond acceptors (Lipinski definition) is 4. The van der Waals surface area contributed by atoms with Crippen LogP contribution in [0.1, 0.15) is 41.0 Å². The molecule has 5 nitrogen and oxygen atoms in total. The number of aryl methyl sites for hydroxylation is 1. The number of piperidine rings is 1. The molecule has 4 heterocycles. The molecular formula is C18H24N4OS. The molecule has 1 amide bonds. The number of imidazole rings is 1. The molecular weight excluding hydrogens is 320 g/mol. The molecule has 2 aliphatic rings. The first-order valence-corrected chi connectivity index (χ1v) is 9.64. The lowest BCUT2D eigenvalue weighted by Gasteiger charge is -2.50. The van der Waals surface area contributed by atoms with Crippen molar-refractivity contribution >= 4 is 17.2 Å². The van der Waals surface area contributed by atoms with Gasteiger partial charge in [0.25, 0.3) is 5.91 Å². The lowest BCUT2D eigenvalue weighted by molar-refractivity contribution is -0.00358. The average Bonchev–Trinajstić information content (AvgIpc) is 3.26. The van der Waals surface area contributed by atoms with Gasteiger partial charge in [0, 0.05) is 38.1 Å². The van der Waals surface area contributed by atoms with E-state index in [1.54, 1.807) is 0 Å². The van der Waals surface area contributed by atoms with Gasteiger partial charge < -0.3 is 9.47 Å². The molecule has 6 heteroatoms. The second kappa shape index (κ2) is 6.01. The van der Waals surface area contributed by atoms with Crippen LogP contribution in [0.4, 0.5) is 0 Å². The number of aromatic nitrogens is 2. The van der Waals surface area contributed by atoms with E-state index in [0.717, 1.165) is 50.4 Å². The minimum atomic E-state index is -0.00646. The molecule has 2 aromatic heterocycles. The number of hydrogen-bond donors (Lipinski definition) is 0. The lowest BCUT2D eigenvalue weighted by Crippen LogP contribution is -2.58. The highest BCUT2D eigenvalue weighted by Crippen LogP contribution is 2.41. The summed E-state index contributed by atoms with van der Waals surface area (Å²) in [4.78, 5) is 22.8. The SMILES string of the molecule is CCN1CCn2c(C)cnc2C12CCN(C(=O)c1cccs1)CC2. The van der Waals surface area contributed by atoms with Gasteiger partial charge in [0.2, 0.25) is 0 Å². The van der Waals surface area contributed by atoms with E-state index in [1.807, 2.05) is 28.6 Å². The third kappa shape index (κ3) is 2.31. The molecule has 2 aromatic rings. The Labute approximate surface area is 146 Å². The summed E-state index contributed by atoms with van der Waals surface area (Å²) in [5.74, 6) is 1.38. The molecule has 1 spiro atoms. The number of likely N-dealkylation sites (tertiary alicyclic amines) is 1. The van der Waals surface area contributed by atoms with Crippen molar-refractivity contribution in [3.05, 3.63) is 40.1 Å². The van der Waals surface area contributed by atoms with E-state index in [9.17, 15) is 4.79 Å². The Morgan fingerprint density at radius 1 is 1.29 bits per heavy atom. The zero-order chi connectivity index (χ0) is 16.7. The van der Waals surface area contributed by atoms with Crippen molar-refractivity contribution in [3.63, 3.8) is 0 Å². The molecule has 1 saturated heterocycles. The summed E-state index contributed by atoms with van der Waals surface area (Å²) in [5, 5.41) is 1.97. The van der Waals surface area contributed by atoms with Crippen LogP contribution in [0, 0.1) is 6.92 Å². The van der Waals surface area contributed by atoms with E-state index in [0.29, 0.717) is 0 Å². The van der Waals surface area contributed by atoms with Crippen LogP contribution in [-0.2, 0) is 12.1 Å². The topological polar surface area (TPSA) is 41.4 Å². The maximum atomic E-state index is 12.6. The van der Waals surface area contributed by atoms with Crippen molar-refractivity contribution in [2.75, 3.05) is 26.2 Å². The molecule has 0 N–H and O–H groups in total. The predicted molar refractivity (Wildman–Crippen MR) is 95.3 cm³/mol. The number of rotatable bonds is 2. The second-order valence-corrected chi connectivity index (χ2v) is 7.70. The second-order valence-electron chi connectivity index (χ2n) is 6.76. The molecule has 128 valence electrons. The van der Waals surface area contributed by atoms with Gasteiger partial charge in [-0.25, -0.2) is 4.98 Å². The van der Waals surface area contributed by atoms with E-state index in [-0.39, 0.29) is 11.4 Å². The Morgan fingerprint density at radius 2 is 2.08 bits per heavy atom. The largest absolute Gasteiger partial charge is 0.338 e. The van der Waals surface area contributed by atoms with Crippen LogP contribution in [0.3, 0.4) is 0 Å². The maximum Gasteiger partial charge on any atom is 0.263 e. The zero-order valence-corrected chi connectivity index (χ0v) is 15.2. The van der Waals surface area contributed by atoms with Crippen molar-refractivity contribution in [2.24, 2.45) is 0 Å². The van der Waals surface area contributed by atoms with Gasteiger partial charge in [0.05, 0.1) is 10.4 Å². The van der Waals surface area contributed by atoms with E-state index < -0.39 is 0 Å². The monoisotopic (exact) mass is 344 g/mol. The van der Waals surface area contributed by atoms with Crippen molar-refractivity contribution in [1.29, 1.82) is 0 Å². The Bertz CT molecular complexity index is 728. The van der Waals surface area contributed by atoms with Crippen molar-refractivity contribution in [1.82, 2.24) is 19.4 Å².